The van der Waals surface area contributed by atoms with Crippen LogP contribution in [0.1, 0.15) is 23.2 Å². The maximum Gasteiger partial charge on any atom is 0.259 e. The molecule has 2 aromatic rings. The van der Waals surface area contributed by atoms with Crippen molar-refractivity contribution < 1.29 is 9.90 Å². The van der Waals surface area contributed by atoms with Gasteiger partial charge in [-0.3, -0.25) is 4.79 Å². The lowest BCUT2D eigenvalue weighted by molar-refractivity contribution is 0.102. The lowest BCUT2D eigenvalue weighted by Gasteiger charge is -2.31. The Morgan fingerprint density at radius 3 is 2.67 bits per heavy atom. The van der Waals surface area contributed by atoms with E-state index in [2.05, 4.69) is 36.4 Å². The van der Waals surface area contributed by atoms with Gasteiger partial charge in [-0.05, 0) is 68.2 Å². The van der Waals surface area contributed by atoms with Crippen molar-refractivity contribution in [3.05, 3.63) is 52.6 Å². The third-order valence-electron chi connectivity index (χ3n) is 4.84. The summed E-state index contributed by atoms with van der Waals surface area (Å²) >= 11 is 3.39. The van der Waals surface area contributed by atoms with Gasteiger partial charge >= 0.3 is 0 Å². The van der Waals surface area contributed by atoms with Gasteiger partial charge < -0.3 is 20.6 Å². The number of hydrogen-bond donors (Lipinski definition) is 3. The van der Waals surface area contributed by atoms with Crippen molar-refractivity contribution in [2.45, 2.75) is 12.8 Å². The van der Waals surface area contributed by atoms with Crippen LogP contribution in [-0.2, 0) is 0 Å². The summed E-state index contributed by atoms with van der Waals surface area (Å²) in [6.07, 6.45) is 3.86. The van der Waals surface area contributed by atoms with Crippen LogP contribution in [0.3, 0.4) is 0 Å². The van der Waals surface area contributed by atoms with Crippen LogP contribution < -0.4 is 10.6 Å². The Labute approximate surface area is 168 Å². The van der Waals surface area contributed by atoms with E-state index >= 15 is 0 Å². The number of aromatic nitrogens is 1. The molecule has 0 aliphatic carbocycles. The molecule has 0 radical (unpaired) electrons. The largest absolute Gasteiger partial charge is 0.395 e. The molecule has 3 N–H and O–H groups in total. The van der Waals surface area contributed by atoms with Gasteiger partial charge in [-0.15, -0.1) is 0 Å². The minimum atomic E-state index is -0.175. The molecule has 7 heteroatoms. The fourth-order valence-corrected chi connectivity index (χ4v) is 3.52. The molecule has 0 unspecified atom stereocenters. The van der Waals surface area contributed by atoms with E-state index in [4.69, 9.17) is 5.11 Å². The van der Waals surface area contributed by atoms with Gasteiger partial charge in [0.2, 0.25) is 0 Å². The molecule has 1 saturated heterocycles. The molecule has 1 aromatic heterocycles. The van der Waals surface area contributed by atoms with Gasteiger partial charge in [0.05, 0.1) is 12.2 Å². The Morgan fingerprint density at radius 2 is 1.96 bits per heavy atom. The summed E-state index contributed by atoms with van der Waals surface area (Å²) in [4.78, 5) is 19.3. The van der Waals surface area contributed by atoms with Crippen LogP contribution in [0.25, 0.3) is 0 Å². The van der Waals surface area contributed by atoms with Crippen LogP contribution in [0.2, 0.25) is 0 Å². The Kier molecular flexibility index (Phi) is 7.20. The number of benzene rings is 1. The van der Waals surface area contributed by atoms with Crippen LogP contribution >= 0.6 is 15.9 Å². The minimum Gasteiger partial charge on any atom is -0.395 e. The Bertz CT molecular complexity index is 746. The van der Waals surface area contributed by atoms with Crippen LogP contribution in [0.15, 0.2) is 47.1 Å². The lowest BCUT2D eigenvalue weighted by atomic mass is 9.97. The minimum absolute atomic E-state index is 0.175. The molecule has 1 fully saturated rings. The first kappa shape index (κ1) is 19.8. The first-order valence-corrected chi connectivity index (χ1v) is 10.0. The van der Waals surface area contributed by atoms with E-state index in [0.717, 1.165) is 49.2 Å². The molecule has 1 aliphatic rings. The highest BCUT2D eigenvalue weighted by atomic mass is 79.9. The second-order valence-corrected chi connectivity index (χ2v) is 7.67. The van der Waals surface area contributed by atoms with E-state index in [1.807, 2.05) is 24.3 Å². The van der Waals surface area contributed by atoms with Gasteiger partial charge in [-0.25, -0.2) is 4.98 Å². The Hall–Kier alpha value is -1.96. The summed E-state index contributed by atoms with van der Waals surface area (Å²) < 4.78 is 0.967. The van der Waals surface area contributed by atoms with Gasteiger partial charge in [0.25, 0.3) is 5.91 Å². The smallest absolute Gasteiger partial charge is 0.259 e. The third-order valence-corrected chi connectivity index (χ3v) is 5.36. The SMILES string of the molecule is O=C(Nc1ccc(Br)cc1)c1cccnc1NCC1CCN(CCO)CC1. The topological polar surface area (TPSA) is 77.5 Å². The third kappa shape index (κ3) is 5.76. The van der Waals surface area contributed by atoms with Gasteiger partial charge in [-0.2, -0.15) is 0 Å². The summed E-state index contributed by atoms with van der Waals surface area (Å²) in [5, 5.41) is 15.3. The van der Waals surface area contributed by atoms with E-state index in [-0.39, 0.29) is 12.5 Å². The average Bonchev–Trinajstić information content (AvgIpc) is 2.69. The van der Waals surface area contributed by atoms with Gasteiger partial charge in [0.1, 0.15) is 5.82 Å². The molecule has 0 spiro atoms. The number of aliphatic hydroxyl groups is 1. The first-order chi connectivity index (χ1) is 13.2. The quantitative estimate of drug-likeness (QED) is 0.625. The van der Waals surface area contributed by atoms with E-state index in [1.54, 1.807) is 18.3 Å². The van der Waals surface area contributed by atoms with Gasteiger partial charge in [0, 0.05) is 29.4 Å². The maximum atomic E-state index is 12.7. The number of nitrogens with zero attached hydrogens (tertiary/aromatic N) is 2. The van der Waals surface area contributed by atoms with Crippen molar-refractivity contribution in [1.29, 1.82) is 0 Å². The number of piperidine rings is 1. The highest BCUT2D eigenvalue weighted by Crippen LogP contribution is 2.20. The number of halogens is 1. The first-order valence-electron chi connectivity index (χ1n) is 9.24. The summed E-state index contributed by atoms with van der Waals surface area (Å²) in [5.41, 5.74) is 1.28. The molecule has 0 saturated carbocycles. The average molecular weight is 433 g/mol. The molecule has 1 aliphatic heterocycles. The van der Waals surface area contributed by atoms with Crippen molar-refractivity contribution in [2.75, 3.05) is 43.4 Å². The number of pyridine rings is 1. The molecule has 1 amide bonds. The standard InChI is InChI=1S/C20H25BrN4O2/c21-16-3-5-17(6-4-16)24-20(27)18-2-1-9-22-19(18)23-14-15-7-10-25(11-8-15)12-13-26/h1-6,9,15,26H,7-8,10-14H2,(H,22,23)(H,24,27). The summed E-state index contributed by atoms with van der Waals surface area (Å²) in [7, 11) is 0. The van der Waals surface area contributed by atoms with E-state index in [1.165, 1.54) is 0 Å². The molecular formula is C20H25BrN4O2. The number of carbonyl (C=O) groups is 1. The van der Waals surface area contributed by atoms with Crippen molar-refractivity contribution >= 4 is 33.3 Å². The number of β-amino-alcohol motifs (C(OH)–C–C–N with tert-alkyl or cyclic N) is 1. The van der Waals surface area contributed by atoms with Crippen molar-refractivity contribution in [3.8, 4) is 0 Å². The molecule has 6 nitrogen and oxygen atoms in total. The van der Waals surface area contributed by atoms with Crippen LogP contribution in [0.5, 0.6) is 0 Å². The highest BCUT2D eigenvalue weighted by molar-refractivity contribution is 9.10. The van der Waals surface area contributed by atoms with Gasteiger partial charge in [0.15, 0.2) is 0 Å². The predicted molar refractivity (Wildman–Crippen MR) is 111 cm³/mol. The number of rotatable bonds is 7. The zero-order chi connectivity index (χ0) is 19.1. The summed E-state index contributed by atoms with van der Waals surface area (Å²) in [6.45, 7) is 3.77. The van der Waals surface area contributed by atoms with Crippen LogP contribution in [0, 0.1) is 5.92 Å². The van der Waals surface area contributed by atoms with E-state index in [0.29, 0.717) is 17.3 Å². The van der Waals surface area contributed by atoms with E-state index in [9.17, 15) is 4.79 Å². The van der Waals surface area contributed by atoms with Gasteiger partial charge in [-0.1, -0.05) is 15.9 Å². The van der Waals surface area contributed by atoms with E-state index < -0.39 is 0 Å². The lowest BCUT2D eigenvalue weighted by Crippen LogP contribution is -2.37. The molecule has 3 rings (SSSR count). The number of likely N-dealkylation sites (tertiary alicyclic amines) is 1. The van der Waals surface area contributed by atoms with Crippen molar-refractivity contribution in [1.82, 2.24) is 9.88 Å². The Morgan fingerprint density at radius 1 is 1.22 bits per heavy atom. The highest BCUT2D eigenvalue weighted by Gasteiger charge is 2.20. The molecule has 2 heterocycles. The molecular weight excluding hydrogens is 408 g/mol. The molecule has 144 valence electrons. The maximum absolute atomic E-state index is 12.7. The second-order valence-electron chi connectivity index (χ2n) is 6.75. The number of nitrogens with one attached hydrogen (secondary N) is 2. The molecule has 0 atom stereocenters. The van der Waals surface area contributed by atoms with Crippen LogP contribution in [-0.4, -0.2) is 53.7 Å². The number of aliphatic hydroxyl groups excluding tert-OH is 1. The number of hydrogen-bond acceptors (Lipinski definition) is 5. The summed E-state index contributed by atoms with van der Waals surface area (Å²) in [5.74, 6) is 0.986. The molecule has 1 aromatic carbocycles. The van der Waals surface area contributed by atoms with Crippen molar-refractivity contribution in [2.24, 2.45) is 5.92 Å². The molecule has 0 bridgehead atoms. The molecule has 27 heavy (non-hydrogen) atoms. The fourth-order valence-electron chi connectivity index (χ4n) is 3.26. The normalized spacial score (nSPS) is 15.5. The number of amides is 1. The predicted octanol–water partition coefficient (Wildman–Crippen LogP) is 3.21. The van der Waals surface area contributed by atoms with Crippen molar-refractivity contribution in [3.63, 3.8) is 0 Å². The fraction of sp³-hybridized carbons (Fsp3) is 0.400. The second kappa shape index (κ2) is 9.82. The Balaban J connectivity index is 1.57. The van der Waals surface area contributed by atoms with Crippen LogP contribution in [0.4, 0.5) is 11.5 Å². The summed E-state index contributed by atoms with van der Waals surface area (Å²) in [6, 6.07) is 11.0. The number of carbonyl (C=O) groups excluding carboxylic acids is 1. The zero-order valence-corrected chi connectivity index (χ0v) is 16.8. The monoisotopic (exact) mass is 432 g/mol. The zero-order valence-electron chi connectivity index (χ0n) is 15.2. The number of anilines is 2.